The van der Waals surface area contributed by atoms with Crippen molar-refractivity contribution in [1.29, 1.82) is 0 Å². The average Bonchev–Trinajstić information content (AvgIpc) is 3.53. The Morgan fingerprint density at radius 1 is 1.20 bits per heavy atom. The number of aromatic nitrogens is 2. The number of likely N-dealkylation sites (N-methyl/N-ethyl adjacent to an activating group) is 1. The van der Waals surface area contributed by atoms with E-state index in [-0.39, 0.29) is 12.7 Å². The van der Waals surface area contributed by atoms with Crippen LogP contribution in [0.25, 0.3) is 5.70 Å². The molecule has 0 spiro atoms. The molecule has 30 heavy (non-hydrogen) atoms. The number of nitrogens with zero attached hydrogens (tertiary/aromatic N) is 4. The lowest BCUT2D eigenvalue weighted by molar-refractivity contribution is 0.112. The van der Waals surface area contributed by atoms with Crippen LogP contribution in [0, 0.1) is 12.8 Å². The molecule has 2 fully saturated rings. The van der Waals surface area contributed by atoms with Crippen LogP contribution in [0.2, 0.25) is 0 Å². The van der Waals surface area contributed by atoms with Gasteiger partial charge in [0, 0.05) is 20.6 Å². The molecule has 1 amide bonds. The van der Waals surface area contributed by atoms with Crippen molar-refractivity contribution >= 4 is 11.8 Å². The maximum absolute atomic E-state index is 12.2. The zero-order valence-electron chi connectivity index (χ0n) is 18.3. The van der Waals surface area contributed by atoms with Gasteiger partial charge in [-0.05, 0) is 51.4 Å². The highest BCUT2D eigenvalue weighted by molar-refractivity contribution is 5.68. The fourth-order valence-corrected chi connectivity index (χ4v) is 3.58. The molecule has 2 aliphatic rings. The lowest BCUT2D eigenvalue weighted by atomic mass is 9.98. The van der Waals surface area contributed by atoms with Gasteiger partial charge >= 0.3 is 6.09 Å². The first-order valence-electron chi connectivity index (χ1n) is 10.7. The van der Waals surface area contributed by atoms with Crippen LogP contribution in [0.4, 0.5) is 4.79 Å². The molecule has 1 aromatic heterocycles. The predicted molar refractivity (Wildman–Crippen MR) is 114 cm³/mol. The number of ether oxygens (including phenoxy) is 2. The third kappa shape index (κ3) is 5.98. The van der Waals surface area contributed by atoms with Gasteiger partial charge in [0.05, 0.1) is 17.6 Å². The van der Waals surface area contributed by atoms with E-state index in [2.05, 4.69) is 9.97 Å². The van der Waals surface area contributed by atoms with E-state index in [9.17, 15) is 4.79 Å². The van der Waals surface area contributed by atoms with E-state index < -0.39 is 6.09 Å². The lowest BCUT2D eigenvalue weighted by Gasteiger charge is -2.23. The van der Waals surface area contributed by atoms with E-state index in [0.29, 0.717) is 41.1 Å². The van der Waals surface area contributed by atoms with Gasteiger partial charge in [0.15, 0.2) is 0 Å². The third-order valence-corrected chi connectivity index (χ3v) is 5.62. The highest BCUT2D eigenvalue weighted by Crippen LogP contribution is 2.29. The van der Waals surface area contributed by atoms with Gasteiger partial charge in [-0.25, -0.2) is 20.6 Å². The summed E-state index contributed by atoms with van der Waals surface area (Å²) in [5, 5.41) is 1.34. The van der Waals surface area contributed by atoms with Crippen LogP contribution in [-0.4, -0.2) is 59.3 Å². The molecule has 9 nitrogen and oxygen atoms in total. The summed E-state index contributed by atoms with van der Waals surface area (Å²) in [7, 11) is 3.38. The van der Waals surface area contributed by atoms with Crippen molar-refractivity contribution in [3.63, 3.8) is 0 Å². The first-order chi connectivity index (χ1) is 14.3. The van der Waals surface area contributed by atoms with Crippen LogP contribution >= 0.6 is 0 Å². The Balaban J connectivity index is 1.67. The number of aryl methyl sites for hydroxylation is 1. The SMILES string of the molecule is Cc1nc(/C(N)=C(\COC(=O)N(C)CC2CC2)N(C)N)cnc1OC1CCCCC1. The molecule has 9 heteroatoms. The van der Waals surface area contributed by atoms with E-state index in [1.165, 1.54) is 37.1 Å². The number of carbonyl (C=O) groups excluding carboxylic acids is 1. The molecule has 0 radical (unpaired) electrons. The minimum atomic E-state index is -0.396. The van der Waals surface area contributed by atoms with Crippen LogP contribution in [0.5, 0.6) is 5.88 Å². The number of hydrogen-bond donors (Lipinski definition) is 2. The number of nitrogens with two attached hydrogens (primary N) is 2. The molecular formula is C21H34N6O3. The van der Waals surface area contributed by atoms with Crippen molar-refractivity contribution in [1.82, 2.24) is 19.9 Å². The molecule has 2 saturated carbocycles. The maximum atomic E-state index is 12.2. The Labute approximate surface area is 178 Å². The maximum Gasteiger partial charge on any atom is 0.409 e. The summed E-state index contributed by atoms with van der Waals surface area (Å²) < 4.78 is 11.4. The van der Waals surface area contributed by atoms with Crippen molar-refractivity contribution in [2.24, 2.45) is 17.5 Å². The number of carbonyl (C=O) groups is 1. The Kier molecular flexibility index (Phi) is 7.36. The zero-order valence-corrected chi connectivity index (χ0v) is 18.3. The molecule has 4 N–H and O–H groups in total. The van der Waals surface area contributed by atoms with Gasteiger partial charge in [0.25, 0.3) is 0 Å². The first kappa shape index (κ1) is 22.1. The quantitative estimate of drug-likeness (QED) is 0.488. The van der Waals surface area contributed by atoms with Gasteiger partial charge in [-0.1, -0.05) is 6.42 Å². The second-order valence-electron chi connectivity index (χ2n) is 8.37. The average molecular weight is 419 g/mol. The monoisotopic (exact) mass is 418 g/mol. The molecule has 0 unspecified atom stereocenters. The topological polar surface area (TPSA) is 120 Å². The van der Waals surface area contributed by atoms with Gasteiger partial charge in [-0.2, -0.15) is 0 Å². The van der Waals surface area contributed by atoms with Gasteiger partial charge in [0.1, 0.15) is 24.1 Å². The number of hydrazine groups is 1. The van der Waals surface area contributed by atoms with Gasteiger partial charge in [-0.15, -0.1) is 0 Å². The molecule has 0 bridgehead atoms. The molecule has 2 aliphatic carbocycles. The number of rotatable bonds is 8. The van der Waals surface area contributed by atoms with E-state index in [0.717, 1.165) is 12.8 Å². The largest absolute Gasteiger partial charge is 0.473 e. The van der Waals surface area contributed by atoms with E-state index >= 15 is 0 Å². The summed E-state index contributed by atoms with van der Waals surface area (Å²) in [5.74, 6) is 7.06. The molecule has 0 aromatic carbocycles. The zero-order chi connectivity index (χ0) is 21.7. The van der Waals surface area contributed by atoms with Crippen molar-refractivity contribution in [2.75, 3.05) is 27.2 Å². The summed E-state index contributed by atoms with van der Waals surface area (Å²) in [6.07, 6.45) is 9.44. The normalized spacial score (nSPS) is 17.9. The molecule has 0 aliphatic heterocycles. The summed E-state index contributed by atoms with van der Waals surface area (Å²) in [5.41, 5.74) is 8.22. The van der Waals surface area contributed by atoms with Gasteiger partial charge in [-0.3, -0.25) is 0 Å². The second-order valence-corrected chi connectivity index (χ2v) is 8.37. The smallest absolute Gasteiger partial charge is 0.409 e. The molecule has 0 saturated heterocycles. The minimum Gasteiger partial charge on any atom is -0.473 e. The molecule has 3 rings (SSSR count). The van der Waals surface area contributed by atoms with Gasteiger partial charge < -0.3 is 25.1 Å². The van der Waals surface area contributed by atoms with Crippen molar-refractivity contribution in [3.05, 3.63) is 23.3 Å². The number of hydrogen-bond acceptors (Lipinski definition) is 8. The minimum absolute atomic E-state index is 0.0479. The lowest BCUT2D eigenvalue weighted by Crippen LogP contribution is -2.34. The van der Waals surface area contributed by atoms with E-state index in [4.69, 9.17) is 21.1 Å². The molecule has 0 atom stereocenters. The predicted octanol–water partition coefficient (Wildman–Crippen LogP) is 2.41. The van der Waals surface area contributed by atoms with Crippen LogP contribution in [0.1, 0.15) is 56.3 Å². The summed E-state index contributed by atoms with van der Waals surface area (Å²) in [6.45, 7) is 2.51. The highest BCUT2D eigenvalue weighted by Gasteiger charge is 2.26. The summed E-state index contributed by atoms with van der Waals surface area (Å²) in [6, 6.07) is 0. The fourth-order valence-electron chi connectivity index (χ4n) is 3.58. The third-order valence-electron chi connectivity index (χ3n) is 5.62. The number of amides is 1. The molecule has 1 heterocycles. The first-order valence-corrected chi connectivity index (χ1v) is 10.7. The Bertz CT molecular complexity index is 772. The highest BCUT2D eigenvalue weighted by atomic mass is 16.6. The van der Waals surface area contributed by atoms with Crippen LogP contribution in [0.3, 0.4) is 0 Å². The summed E-state index contributed by atoms with van der Waals surface area (Å²) >= 11 is 0. The Morgan fingerprint density at radius 3 is 2.50 bits per heavy atom. The molecule has 1 aromatic rings. The summed E-state index contributed by atoms with van der Waals surface area (Å²) in [4.78, 5) is 22.8. The van der Waals surface area contributed by atoms with E-state index in [1.54, 1.807) is 25.2 Å². The van der Waals surface area contributed by atoms with Gasteiger partial charge in [0.2, 0.25) is 5.88 Å². The standard InChI is InChI=1S/C21H34N6O3/c1-14-20(30-16-7-5-4-6-8-16)24-11-17(25-14)19(22)18(27(3)23)13-29-21(28)26(2)12-15-9-10-15/h11,15-16H,4-10,12-13,22-23H2,1-3H3/b19-18-. The second kappa shape index (κ2) is 9.97. The van der Waals surface area contributed by atoms with Crippen LogP contribution < -0.4 is 16.3 Å². The van der Waals surface area contributed by atoms with E-state index in [1.807, 2.05) is 6.92 Å². The molecular weight excluding hydrogens is 384 g/mol. The fraction of sp³-hybridized carbons (Fsp3) is 0.667. The van der Waals surface area contributed by atoms with Crippen LogP contribution in [-0.2, 0) is 4.74 Å². The van der Waals surface area contributed by atoms with Crippen molar-refractivity contribution < 1.29 is 14.3 Å². The van der Waals surface area contributed by atoms with Crippen LogP contribution in [0.15, 0.2) is 11.9 Å². The van der Waals surface area contributed by atoms with Crippen molar-refractivity contribution in [3.8, 4) is 5.88 Å². The molecule has 166 valence electrons. The Morgan fingerprint density at radius 2 is 1.90 bits per heavy atom. The Hall–Kier alpha value is -2.55. The van der Waals surface area contributed by atoms with Crippen molar-refractivity contribution in [2.45, 2.75) is 58.0 Å².